The zero-order chi connectivity index (χ0) is 13.9. The number of carbonyl (C=O) groups is 2. The van der Waals surface area contributed by atoms with Crippen LogP contribution < -0.4 is 0 Å². The van der Waals surface area contributed by atoms with Crippen molar-refractivity contribution in [1.29, 1.82) is 0 Å². The highest BCUT2D eigenvalue weighted by atomic mass is 16.5. The Kier molecular flexibility index (Phi) is 6.72. The van der Waals surface area contributed by atoms with Crippen molar-refractivity contribution in [2.24, 2.45) is 0 Å². The Bertz CT molecular complexity index is 460. The lowest BCUT2D eigenvalue weighted by Crippen LogP contribution is -2.04. The van der Waals surface area contributed by atoms with Crippen LogP contribution in [0.1, 0.15) is 12.5 Å². The van der Waals surface area contributed by atoms with Gasteiger partial charge in [0.15, 0.2) is 0 Å². The summed E-state index contributed by atoms with van der Waals surface area (Å²) < 4.78 is 9.50. The predicted molar refractivity (Wildman–Crippen MR) is 72.2 cm³/mol. The Hall–Kier alpha value is -2.36. The van der Waals surface area contributed by atoms with Crippen LogP contribution >= 0.6 is 0 Å². The van der Waals surface area contributed by atoms with Crippen molar-refractivity contribution in [3.05, 3.63) is 54.1 Å². The van der Waals surface area contributed by atoms with Crippen LogP contribution in [-0.4, -0.2) is 25.2 Å². The minimum absolute atomic E-state index is 0.154. The highest BCUT2D eigenvalue weighted by Gasteiger charge is 1.98. The molecular formula is C15H16O4. The van der Waals surface area contributed by atoms with E-state index in [1.54, 1.807) is 13.0 Å². The van der Waals surface area contributed by atoms with E-state index in [2.05, 4.69) is 4.74 Å². The van der Waals surface area contributed by atoms with Crippen molar-refractivity contribution >= 4 is 18.0 Å². The van der Waals surface area contributed by atoms with Crippen molar-refractivity contribution < 1.29 is 19.1 Å². The Labute approximate surface area is 112 Å². The van der Waals surface area contributed by atoms with E-state index in [1.807, 2.05) is 36.4 Å². The van der Waals surface area contributed by atoms with Crippen molar-refractivity contribution in [2.75, 3.05) is 13.2 Å². The number of ether oxygens (including phenoxy) is 2. The summed E-state index contributed by atoms with van der Waals surface area (Å²) in [5, 5.41) is 0. The summed E-state index contributed by atoms with van der Waals surface area (Å²) in [5.41, 5.74) is 1.03. The van der Waals surface area contributed by atoms with Gasteiger partial charge >= 0.3 is 11.9 Å². The van der Waals surface area contributed by atoms with E-state index in [4.69, 9.17) is 4.74 Å². The van der Waals surface area contributed by atoms with E-state index < -0.39 is 11.9 Å². The van der Waals surface area contributed by atoms with Gasteiger partial charge in [0.2, 0.25) is 0 Å². The van der Waals surface area contributed by atoms with Crippen LogP contribution in [0.2, 0.25) is 0 Å². The first-order chi connectivity index (χ1) is 9.22. The summed E-state index contributed by atoms with van der Waals surface area (Å²) in [7, 11) is 0. The predicted octanol–water partition coefficient (Wildman–Crippen LogP) is 2.36. The molecule has 0 aromatic heterocycles. The molecule has 4 nitrogen and oxygen atoms in total. The maximum Gasteiger partial charge on any atom is 0.331 e. The molecule has 1 aromatic rings. The van der Waals surface area contributed by atoms with Crippen LogP contribution in [0.25, 0.3) is 6.08 Å². The van der Waals surface area contributed by atoms with Crippen LogP contribution in [0.15, 0.2) is 48.6 Å². The second-order valence-electron chi connectivity index (χ2n) is 3.53. The largest absolute Gasteiger partial charge is 0.463 e. The molecule has 0 unspecified atom stereocenters. The molecule has 100 valence electrons. The Morgan fingerprint density at radius 2 is 1.68 bits per heavy atom. The molecule has 1 rings (SSSR count). The van der Waals surface area contributed by atoms with Gasteiger partial charge in [0.25, 0.3) is 0 Å². The summed E-state index contributed by atoms with van der Waals surface area (Å²) in [6.07, 6.45) is 5.68. The molecule has 0 atom stereocenters. The van der Waals surface area contributed by atoms with Crippen LogP contribution in [0, 0.1) is 0 Å². The lowest BCUT2D eigenvalue weighted by Gasteiger charge is -1.97. The molecule has 0 aliphatic rings. The SMILES string of the molecule is CCOC(=O)/C=C\C(=O)OC/C=C/c1ccccc1. The third-order valence-corrected chi connectivity index (χ3v) is 2.07. The molecule has 0 fully saturated rings. The molecular weight excluding hydrogens is 244 g/mol. The molecule has 1 aromatic carbocycles. The number of carbonyl (C=O) groups excluding carboxylic acids is 2. The molecule has 0 N–H and O–H groups in total. The number of hydrogen-bond donors (Lipinski definition) is 0. The molecule has 4 heteroatoms. The van der Waals surface area contributed by atoms with E-state index in [9.17, 15) is 9.59 Å². The fraction of sp³-hybridized carbons (Fsp3) is 0.200. The molecule has 0 radical (unpaired) electrons. The van der Waals surface area contributed by atoms with Gasteiger partial charge in [0.1, 0.15) is 6.61 Å². The second kappa shape index (κ2) is 8.69. The average molecular weight is 260 g/mol. The van der Waals surface area contributed by atoms with E-state index >= 15 is 0 Å². The van der Waals surface area contributed by atoms with Crippen LogP contribution in [0.3, 0.4) is 0 Å². The fourth-order valence-corrected chi connectivity index (χ4v) is 1.25. The van der Waals surface area contributed by atoms with Gasteiger partial charge in [-0.3, -0.25) is 0 Å². The summed E-state index contributed by atoms with van der Waals surface area (Å²) in [5.74, 6) is -1.13. The van der Waals surface area contributed by atoms with Gasteiger partial charge < -0.3 is 9.47 Å². The summed E-state index contributed by atoms with van der Waals surface area (Å²) in [6.45, 7) is 2.12. The van der Waals surface area contributed by atoms with E-state index in [0.29, 0.717) is 0 Å². The maximum atomic E-state index is 11.2. The first kappa shape index (κ1) is 14.7. The number of hydrogen-bond acceptors (Lipinski definition) is 4. The summed E-state index contributed by atoms with van der Waals surface area (Å²) in [6, 6.07) is 9.66. The zero-order valence-electron chi connectivity index (χ0n) is 10.7. The van der Waals surface area contributed by atoms with Crippen LogP contribution in [-0.2, 0) is 19.1 Å². The normalized spacial score (nSPS) is 10.8. The molecule has 0 aliphatic heterocycles. The van der Waals surface area contributed by atoms with E-state index in [1.165, 1.54) is 0 Å². The third-order valence-electron chi connectivity index (χ3n) is 2.07. The molecule has 0 heterocycles. The van der Waals surface area contributed by atoms with Gasteiger partial charge in [-0.1, -0.05) is 36.4 Å². The lowest BCUT2D eigenvalue weighted by molar-refractivity contribution is -0.139. The summed E-state index contributed by atoms with van der Waals surface area (Å²) in [4.78, 5) is 22.1. The minimum atomic E-state index is -0.578. The maximum absolute atomic E-state index is 11.2. The minimum Gasteiger partial charge on any atom is -0.463 e. The van der Waals surface area contributed by atoms with Crippen molar-refractivity contribution in [3.8, 4) is 0 Å². The highest BCUT2D eigenvalue weighted by molar-refractivity contribution is 5.91. The Morgan fingerprint density at radius 3 is 2.32 bits per heavy atom. The molecule has 0 saturated carbocycles. The smallest absolute Gasteiger partial charge is 0.331 e. The molecule has 0 amide bonds. The first-order valence-corrected chi connectivity index (χ1v) is 5.95. The van der Waals surface area contributed by atoms with Crippen molar-refractivity contribution in [3.63, 3.8) is 0 Å². The second-order valence-corrected chi connectivity index (χ2v) is 3.53. The van der Waals surface area contributed by atoms with Crippen molar-refractivity contribution in [1.82, 2.24) is 0 Å². The fourth-order valence-electron chi connectivity index (χ4n) is 1.25. The van der Waals surface area contributed by atoms with Gasteiger partial charge in [-0.05, 0) is 18.6 Å². The quantitative estimate of drug-likeness (QED) is 0.582. The standard InChI is InChI=1S/C15H16O4/c1-2-18-14(16)10-11-15(17)19-12-6-9-13-7-4-3-5-8-13/h3-11H,2,12H2,1H3/b9-6+,11-10-. The van der Waals surface area contributed by atoms with Gasteiger partial charge in [-0.25, -0.2) is 9.59 Å². The topological polar surface area (TPSA) is 52.6 Å². The van der Waals surface area contributed by atoms with Crippen LogP contribution in [0.5, 0.6) is 0 Å². The van der Waals surface area contributed by atoms with Crippen LogP contribution in [0.4, 0.5) is 0 Å². The molecule has 0 spiro atoms. The Morgan fingerprint density at radius 1 is 1.05 bits per heavy atom. The Balaban J connectivity index is 2.27. The molecule has 19 heavy (non-hydrogen) atoms. The molecule has 0 bridgehead atoms. The van der Waals surface area contributed by atoms with Gasteiger partial charge in [-0.15, -0.1) is 0 Å². The average Bonchev–Trinajstić information content (AvgIpc) is 2.43. The first-order valence-electron chi connectivity index (χ1n) is 5.95. The summed E-state index contributed by atoms with van der Waals surface area (Å²) >= 11 is 0. The highest BCUT2D eigenvalue weighted by Crippen LogP contribution is 2.00. The van der Waals surface area contributed by atoms with Crippen molar-refractivity contribution in [2.45, 2.75) is 6.92 Å². The molecule has 0 saturated heterocycles. The zero-order valence-corrected chi connectivity index (χ0v) is 10.7. The van der Waals surface area contributed by atoms with Gasteiger partial charge in [0, 0.05) is 12.2 Å². The van der Waals surface area contributed by atoms with Gasteiger partial charge in [-0.2, -0.15) is 0 Å². The number of benzene rings is 1. The van der Waals surface area contributed by atoms with E-state index in [-0.39, 0.29) is 13.2 Å². The lowest BCUT2D eigenvalue weighted by atomic mass is 10.2. The van der Waals surface area contributed by atoms with Gasteiger partial charge in [0.05, 0.1) is 6.61 Å². The third kappa shape index (κ3) is 6.83. The number of esters is 2. The van der Waals surface area contributed by atoms with E-state index in [0.717, 1.165) is 17.7 Å². The molecule has 0 aliphatic carbocycles. The monoisotopic (exact) mass is 260 g/mol. The number of rotatable bonds is 6.